The zero-order chi connectivity index (χ0) is 20.3. The van der Waals surface area contributed by atoms with E-state index >= 15 is 0 Å². The van der Waals surface area contributed by atoms with Crippen molar-refractivity contribution < 1.29 is 4.74 Å². The lowest BCUT2D eigenvalue weighted by molar-refractivity contribution is 0.368. The number of nitrogens with zero attached hydrogens (tertiary/aromatic N) is 4. The van der Waals surface area contributed by atoms with Crippen molar-refractivity contribution in [2.45, 2.75) is 26.2 Å². The lowest BCUT2D eigenvalue weighted by Crippen LogP contribution is -2.29. The second kappa shape index (κ2) is 7.95. The van der Waals surface area contributed by atoms with Crippen LogP contribution in [-0.4, -0.2) is 22.5 Å². The molecule has 0 atom stereocenters. The van der Waals surface area contributed by atoms with Gasteiger partial charge in [-0.1, -0.05) is 36.7 Å². The monoisotopic (exact) mass is 438 g/mol. The molecule has 142 valence electrons. The van der Waals surface area contributed by atoms with Crippen LogP contribution in [-0.2, 0) is 5.41 Å². The Morgan fingerprint density at radius 3 is 2.61 bits per heavy atom. The molecule has 0 aliphatic heterocycles. The van der Waals surface area contributed by atoms with E-state index in [9.17, 15) is 4.79 Å². The van der Waals surface area contributed by atoms with Gasteiger partial charge in [-0.2, -0.15) is 15.0 Å². The van der Waals surface area contributed by atoms with E-state index < -0.39 is 0 Å². The van der Waals surface area contributed by atoms with E-state index in [4.69, 9.17) is 10.00 Å². The molecule has 28 heavy (non-hydrogen) atoms. The van der Waals surface area contributed by atoms with E-state index in [0.29, 0.717) is 22.5 Å². The van der Waals surface area contributed by atoms with Crippen LogP contribution in [0.15, 0.2) is 56.8 Å². The highest BCUT2D eigenvalue weighted by Crippen LogP contribution is 2.23. The fourth-order valence-corrected chi connectivity index (χ4v) is 2.99. The minimum absolute atomic E-state index is 0.00388. The van der Waals surface area contributed by atoms with Crippen molar-refractivity contribution in [2.24, 2.45) is 5.10 Å². The van der Waals surface area contributed by atoms with Crippen molar-refractivity contribution in [3.05, 3.63) is 68.7 Å². The third-order valence-electron chi connectivity index (χ3n) is 3.98. The minimum Gasteiger partial charge on any atom is -0.479 e. The van der Waals surface area contributed by atoms with Crippen LogP contribution in [0.5, 0.6) is 5.75 Å². The fraction of sp³-hybridized carbons (Fsp3) is 0.238. The van der Waals surface area contributed by atoms with E-state index in [1.54, 1.807) is 24.4 Å². The maximum Gasteiger partial charge on any atom is 0.282 e. The second-order valence-corrected chi connectivity index (χ2v) is 8.14. The van der Waals surface area contributed by atoms with Crippen LogP contribution < -0.4 is 10.3 Å². The third kappa shape index (κ3) is 4.29. The van der Waals surface area contributed by atoms with E-state index in [0.717, 1.165) is 10.0 Å². The molecule has 0 saturated heterocycles. The average Bonchev–Trinajstić information content (AvgIpc) is 2.66. The molecule has 0 aliphatic rings. The lowest BCUT2D eigenvalue weighted by Gasteiger charge is -2.20. The number of fused-ring (bicyclic) bond motifs is 1. The molecular weight excluding hydrogens is 420 g/mol. The SMILES string of the molecule is CC(C)(C)c1nc2ccc(Br)cc2c(=O)n1N=Cc1ccc(OCC#N)cc1. The highest BCUT2D eigenvalue weighted by Gasteiger charge is 2.22. The number of hydrogen-bond donors (Lipinski definition) is 0. The summed E-state index contributed by atoms with van der Waals surface area (Å²) >= 11 is 3.40. The molecule has 0 saturated carbocycles. The van der Waals surface area contributed by atoms with Crippen LogP contribution >= 0.6 is 15.9 Å². The van der Waals surface area contributed by atoms with Gasteiger partial charge >= 0.3 is 0 Å². The van der Waals surface area contributed by atoms with Gasteiger partial charge in [0.2, 0.25) is 0 Å². The van der Waals surface area contributed by atoms with Crippen molar-refractivity contribution in [3.63, 3.8) is 0 Å². The smallest absolute Gasteiger partial charge is 0.282 e. The molecule has 1 heterocycles. The first-order chi connectivity index (χ1) is 13.3. The van der Waals surface area contributed by atoms with E-state index in [2.05, 4.69) is 26.0 Å². The standard InChI is InChI=1S/C21H19BrN4O2/c1-21(2,3)20-25-18-9-6-15(22)12-17(18)19(27)26(20)24-13-14-4-7-16(8-5-14)28-11-10-23/h4-9,12-13H,11H2,1-3H3. The fourth-order valence-electron chi connectivity index (χ4n) is 2.63. The van der Waals surface area contributed by atoms with Crippen LogP contribution in [0.1, 0.15) is 32.2 Å². The Balaban J connectivity index is 2.06. The number of ether oxygens (including phenoxy) is 1. The highest BCUT2D eigenvalue weighted by atomic mass is 79.9. The lowest BCUT2D eigenvalue weighted by atomic mass is 9.95. The summed E-state index contributed by atoms with van der Waals surface area (Å²) in [6.45, 7) is 5.97. The van der Waals surface area contributed by atoms with Gasteiger partial charge in [0.05, 0.1) is 17.1 Å². The molecule has 0 aliphatic carbocycles. The number of benzene rings is 2. The van der Waals surface area contributed by atoms with Gasteiger partial charge in [0.15, 0.2) is 6.61 Å². The van der Waals surface area contributed by atoms with Gasteiger partial charge in [0.1, 0.15) is 17.6 Å². The van der Waals surface area contributed by atoms with Gasteiger partial charge in [-0.05, 0) is 48.0 Å². The summed E-state index contributed by atoms with van der Waals surface area (Å²) in [5, 5.41) is 13.5. The summed E-state index contributed by atoms with van der Waals surface area (Å²) < 4.78 is 7.41. The van der Waals surface area contributed by atoms with Crippen molar-refractivity contribution >= 4 is 33.0 Å². The summed E-state index contributed by atoms with van der Waals surface area (Å²) in [4.78, 5) is 17.8. The largest absolute Gasteiger partial charge is 0.479 e. The summed E-state index contributed by atoms with van der Waals surface area (Å²) in [6, 6.07) is 14.5. The summed E-state index contributed by atoms with van der Waals surface area (Å²) in [5.41, 5.74) is 0.850. The zero-order valence-electron chi connectivity index (χ0n) is 15.8. The molecular formula is C21H19BrN4O2. The first-order valence-electron chi connectivity index (χ1n) is 8.66. The van der Waals surface area contributed by atoms with Gasteiger partial charge in [0, 0.05) is 9.89 Å². The highest BCUT2D eigenvalue weighted by molar-refractivity contribution is 9.10. The molecule has 0 radical (unpaired) electrons. The first-order valence-corrected chi connectivity index (χ1v) is 9.46. The number of halogens is 1. The molecule has 6 nitrogen and oxygen atoms in total. The third-order valence-corrected chi connectivity index (χ3v) is 4.48. The molecule has 0 spiro atoms. The minimum atomic E-state index is -0.368. The van der Waals surface area contributed by atoms with Crippen LogP contribution in [0, 0.1) is 11.3 Å². The van der Waals surface area contributed by atoms with Gasteiger partial charge in [0.25, 0.3) is 5.56 Å². The number of rotatable bonds is 4. The Morgan fingerprint density at radius 1 is 1.25 bits per heavy atom. The molecule has 0 fully saturated rings. The van der Waals surface area contributed by atoms with Crippen molar-refractivity contribution in [1.29, 1.82) is 5.26 Å². The first kappa shape index (κ1) is 19.8. The predicted molar refractivity (Wildman–Crippen MR) is 113 cm³/mol. The van der Waals surface area contributed by atoms with E-state index in [1.807, 2.05) is 51.1 Å². The summed E-state index contributed by atoms with van der Waals surface area (Å²) in [5.74, 6) is 1.18. The Kier molecular flexibility index (Phi) is 5.61. The molecule has 0 unspecified atom stereocenters. The number of aromatic nitrogens is 2. The van der Waals surface area contributed by atoms with Gasteiger partial charge < -0.3 is 4.74 Å². The van der Waals surface area contributed by atoms with Crippen LogP contribution in [0.2, 0.25) is 0 Å². The summed E-state index contributed by atoms with van der Waals surface area (Å²) in [6.07, 6.45) is 1.61. The molecule has 3 aromatic rings. The van der Waals surface area contributed by atoms with Gasteiger partial charge in [-0.25, -0.2) is 4.98 Å². The second-order valence-electron chi connectivity index (χ2n) is 7.22. The quantitative estimate of drug-likeness (QED) is 0.570. The Hall–Kier alpha value is -2.98. The van der Waals surface area contributed by atoms with Crippen molar-refractivity contribution in [1.82, 2.24) is 9.66 Å². The topological polar surface area (TPSA) is 80.3 Å². The molecule has 1 aromatic heterocycles. The van der Waals surface area contributed by atoms with E-state index in [1.165, 1.54) is 4.68 Å². The normalized spacial score (nSPS) is 11.7. The van der Waals surface area contributed by atoms with Crippen LogP contribution in [0.4, 0.5) is 0 Å². The number of nitriles is 1. The maximum absolute atomic E-state index is 13.1. The molecule has 7 heteroatoms. The van der Waals surface area contributed by atoms with Crippen molar-refractivity contribution in [2.75, 3.05) is 6.61 Å². The van der Waals surface area contributed by atoms with Crippen LogP contribution in [0.25, 0.3) is 10.9 Å². The summed E-state index contributed by atoms with van der Waals surface area (Å²) in [7, 11) is 0. The van der Waals surface area contributed by atoms with Crippen molar-refractivity contribution in [3.8, 4) is 11.8 Å². The molecule has 0 N–H and O–H groups in total. The Bertz CT molecular complexity index is 1140. The Morgan fingerprint density at radius 2 is 1.96 bits per heavy atom. The average molecular weight is 439 g/mol. The number of hydrogen-bond acceptors (Lipinski definition) is 5. The maximum atomic E-state index is 13.1. The van der Waals surface area contributed by atoms with Gasteiger partial charge in [-0.15, -0.1) is 0 Å². The van der Waals surface area contributed by atoms with E-state index in [-0.39, 0.29) is 17.6 Å². The zero-order valence-corrected chi connectivity index (χ0v) is 17.4. The van der Waals surface area contributed by atoms with Crippen LogP contribution in [0.3, 0.4) is 0 Å². The molecule has 0 amide bonds. The molecule has 3 rings (SSSR count). The van der Waals surface area contributed by atoms with Gasteiger partial charge in [-0.3, -0.25) is 4.79 Å². The Labute approximate surface area is 171 Å². The molecule has 0 bridgehead atoms. The molecule has 2 aromatic carbocycles. The predicted octanol–water partition coefficient (Wildman–Crippen LogP) is 4.24.